The van der Waals surface area contributed by atoms with Crippen molar-refractivity contribution in [2.24, 2.45) is 0 Å². The van der Waals surface area contributed by atoms with Crippen LogP contribution in [0.2, 0.25) is 5.02 Å². The van der Waals surface area contributed by atoms with E-state index in [9.17, 15) is 0 Å². The molecule has 0 radical (unpaired) electrons. The van der Waals surface area contributed by atoms with E-state index in [-0.39, 0.29) is 0 Å². The van der Waals surface area contributed by atoms with Crippen LogP contribution in [0.15, 0.2) is 22.7 Å². The number of ether oxygens (including phenoxy) is 1. The molecule has 0 aliphatic rings. The lowest BCUT2D eigenvalue weighted by atomic mass is 10.2. The molecule has 0 saturated heterocycles. The van der Waals surface area contributed by atoms with Gasteiger partial charge in [0, 0.05) is 42.3 Å². The Balaban J connectivity index is 2.29. The van der Waals surface area contributed by atoms with Crippen LogP contribution in [-0.4, -0.2) is 32.8 Å². The SMILES string of the molecule is COCCNCC(C)NCc1cc(Cl)ccc1Br. The summed E-state index contributed by atoms with van der Waals surface area (Å²) in [7, 11) is 1.71. The Kier molecular flexibility index (Phi) is 7.86. The van der Waals surface area contributed by atoms with Gasteiger partial charge in [0.15, 0.2) is 0 Å². The van der Waals surface area contributed by atoms with Crippen LogP contribution >= 0.6 is 27.5 Å². The predicted molar refractivity (Wildman–Crippen MR) is 80.2 cm³/mol. The highest BCUT2D eigenvalue weighted by Gasteiger charge is 2.04. The van der Waals surface area contributed by atoms with Gasteiger partial charge in [-0.2, -0.15) is 0 Å². The number of halogens is 2. The molecule has 0 fully saturated rings. The van der Waals surface area contributed by atoms with Crippen LogP contribution in [0.25, 0.3) is 0 Å². The molecule has 5 heteroatoms. The summed E-state index contributed by atoms with van der Waals surface area (Å²) in [5.41, 5.74) is 1.17. The number of hydrogen-bond acceptors (Lipinski definition) is 3. The smallest absolute Gasteiger partial charge is 0.0587 e. The first-order valence-electron chi connectivity index (χ1n) is 6.00. The van der Waals surface area contributed by atoms with Crippen LogP contribution < -0.4 is 10.6 Å². The van der Waals surface area contributed by atoms with E-state index < -0.39 is 0 Å². The molecular weight excluding hydrogens is 316 g/mol. The zero-order valence-corrected chi connectivity index (χ0v) is 13.1. The van der Waals surface area contributed by atoms with E-state index in [0.29, 0.717) is 6.04 Å². The molecule has 0 heterocycles. The second-order valence-electron chi connectivity index (χ2n) is 4.21. The molecule has 1 aromatic carbocycles. The summed E-state index contributed by atoms with van der Waals surface area (Å²) in [4.78, 5) is 0. The molecule has 0 amide bonds. The molecule has 0 saturated carbocycles. The molecule has 3 nitrogen and oxygen atoms in total. The largest absolute Gasteiger partial charge is 0.383 e. The van der Waals surface area contributed by atoms with E-state index in [4.69, 9.17) is 16.3 Å². The zero-order valence-electron chi connectivity index (χ0n) is 10.8. The maximum Gasteiger partial charge on any atom is 0.0587 e. The van der Waals surface area contributed by atoms with Gasteiger partial charge >= 0.3 is 0 Å². The average Bonchev–Trinajstić information content (AvgIpc) is 2.36. The third kappa shape index (κ3) is 6.16. The normalized spacial score (nSPS) is 12.7. The van der Waals surface area contributed by atoms with Crippen molar-refractivity contribution >= 4 is 27.5 Å². The molecule has 1 atom stereocenters. The van der Waals surface area contributed by atoms with Crippen molar-refractivity contribution in [3.05, 3.63) is 33.3 Å². The second-order valence-corrected chi connectivity index (χ2v) is 5.51. The van der Waals surface area contributed by atoms with Gasteiger partial charge in [0.05, 0.1) is 6.61 Å². The van der Waals surface area contributed by atoms with Gasteiger partial charge in [-0.05, 0) is 30.7 Å². The van der Waals surface area contributed by atoms with Crippen molar-refractivity contribution in [2.45, 2.75) is 19.5 Å². The van der Waals surface area contributed by atoms with Gasteiger partial charge in [-0.3, -0.25) is 0 Å². The molecule has 0 aliphatic carbocycles. The van der Waals surface area contributed by atoms with Crippen molar-refractivity contribution in [1.29, 1.82) is 0 Å². The van der Waals surface area contributed by atoms with E-state index >= 15 is 0 Å². The minimum absolute atomic E-state index is 0.396. The molecule has 0 aliphatic heterocycles. The monoisotopic (exact) mass is 334 g/mol. The first-order valence-corrected chi connectivity index (χ1v) is 7.17. The summed E-state index contributed by atoms with van der Waals surface area (Å²) in [6, 6.07) is 6.22. The third-order valence-corrected chi connectivity index (χ3v) is 3.59. The van der Waals surface area contributed by atoms with Crippen molar-refractivity contribution in [3.8, 4) is 0 Å². The van der Waals surface area contributed by atoms with Gasteiger partial charge in [0.1, 0.15) is 0 Å². The molecule has 102 valence electrons. The van der Waals surface area contributed by atoms with Crippen LogP contribution in [0.1, 0.15) is 12.5 Å². The van der Waals surface area contributed by atoms with Gasteiger partial charge < -0.3 is 15.4 Å². The summed E-state index contributed by atoms with van der Waals surface area (Å²) >= 11 is 9.50. The molecule has 0 spiro atoms. The zero-order chi connectivity index (χ0) is 13.4. The predicted octanol–water partition coefficient (Wildman–Crippen LogP) is 2.82. The van der Waals surface area contributed by atoms with Crippen LogP contribution in [0, 0.1) is 0 Å². The maximum absolute atomic E-state index is 5.98. The van der Waals surface area contributed by atoms with Gasteiger partial charge in [0.2, 0.25) is 0 Å². The first-order chi connectivity index (χ1) is 8.63. The minimum Gasteiger partial charge on any atom is -0.383 e. The highest BCUT2D eigenvalue weighted by Crippen LogP contribution is 2.20. The highest BCUT2D eigenvalue weighted by molar-refractivity contribution is 9.10. The van der Waals surface area contributed by atoms with Crippen molar-refractivity contribution in [1.82, 2.24) is 10.6 Å². The van der Waals surface area contributed by atoms with Crippen LogP contribution in [0.5, 0.6) is 0 Å². The Bertz CT molecular complexity index is 363. The Labute approximate surface area is 122 Å². The standard InChI is InChI=1S/C13H20BrClN2O/c1-10(8-16-5-6-18-2)17-9-11-7-12(15)3-4-13(11)14/h3-4,7,10,16-17H,5-6,8-9H2,1-2H3. The molecule has 1 rings (SSSR count). The van der Waals surface area contributed by atoms with Crippen molar-refractivity contribution in [3.63, 3.8) is 0 Å². The lowest BCUT2D eigenvalue weighted by Crippen LogP contribution is -2.37. The van der Waals surface area contributed by atoms with E-state index in [1.165, 1.54) is 5.56 Å². The Morgan fingerprint density at radius 3 is 2.94 bits per heavy atom. The number of benzene rings is 1. The summed E-state index contributed by atoms with van der Waals surface area (Å²) in [6.45, 7) is 5.49. The molecule has 0 bridgehead atoms. The minimum atomic E-state index is 0.396. The number of hydrogen-bond donors (Lipinski definition) is 2. The fraction of sp³-hybridized carbons (Fsp3) is 0.538. The molecule has 0 aromatic heterocycles. The van der Waals surface area contributed by atoms with Gasteiger partial charge in [-0.1, -0.05) is 27.5 Å². The van der Waals surface area contributed by atoms with Crippen molar-refractivity contribution < 1.29 is 4.74 Å². The van der Waals surface area contributed by atoms with Gasteiger partial charge in [-0.25, -0.2) is 0 Å². The summed E-state index contributed by atoms with van der Waals surface area (Å²) in [5, 5.41) is 7.54. The highest BCUT2D eigenvalue weighted by atomic mass is 79.9. The Morgan fingerprint density at radius 1 is 1.44 bits per heavy atom. The summed E-state index contributed by atoms with van der Waals surface area (Å²) in [6.07, 6.45) is 0. The topological polar surface area (TPSA) is 33.3 Å². The maximum atomic E-state index is 5.98. The van der Waals surface area contributed by atoms with E-state index in [2.05, 4.69) is 33.5 Å². The average molecular weight is 336 g/mol. The summed E-state index contributed by atoms with van der Waals surface area (Å²) in [5.74, 6) is 0. The number of methoxy groups -OCH3 is 1. The number of nitrogens with one attached hydrogen (secondary N) is 2. The second kappa shape index (κ2) is 8.88. The van der Waals surface area contributed by atoms with Crippen LogP contribution in [0.4, 0.5) is 0 Å². The molecule has 2 N–H and O–H groups in total. The Hall–Kier alpha value is -0.130. The van der Waals surface area contributed by atoms with E-state index in [0.717, 1.165) is 35.7 Å². The molecule has 1 aromatic rings. The molecular formula is C13H20BrClN2O. The fourth-order valence-corrected chi connectivity index (χ4v) is 2.11. The molecule has 18 heavy (non-hydrogen) atoms. The van der Waals surface area contributed by atoms with E-state index in [1.807, 2.05) is 18.2 Å². The van der Waals surface area contributed by atoms with E-state index in [1.54, 1.807) is 7.11 Å². The fourth-order valence-electron chi connectivity index (χ4n) is 1.53. The quantitative estimate of drug-likeness (QED) is 0.717. The lowest BCUT2D eigenvalue weighted by Gasteiger charge is -2.15. The van der Waals surface area contributed by atoms with Gasteiger partial charge in [0.25, 0.3) is 0 Å². The van der Waals surface area contributed by atoms with Crippen LogP contribution in [0.3, 0.4) is 0 Å². The lowest BCUT2D eigenvalue weighted by molar-refractivity contribution is 0.198. The third-order valence-electron chi connectivity index (χ3n) is 2.58. The first kappa shape index (κ1) is 15.9. The summed E-state index contributed by atoms with van der Waals surface area (Å²) < 4.78 is 6.06. The van der Waals surface area contributed by atoms with Gasteiger partial charge in [-0.15, -0.1) is 0 Å². The molecule has 1 unspecified atom stereocenters. The number of rotatable bonds is 8. The van der Waals surface area contributed by atoms with Crippen LogP contribution in [-0.2, 0) is 11.3 Å². The Morgan fingerprint density at radius 2 is 2.22 bits per heavy atom. The van der Waals surface area contributed by atoms with Crippen molar-refractivity contribution in [2.75, 3.05) is 26.8 Å².